The molecule has 0 aliphatic heterocycles. The summed E-state index contributed by atoms with van der Waals surface area (Å²) < 4.78 is 35.1. The second kappa shape index (κ2) is 7.98. The second-order valence-corrected chi connectivity index (χ2v) is 7.18. The predicted octanol–water partition coefficient (Wildman–Crippen LogP) is 1.37. The number of furan rings is 1. The van der Waals surface area contributed by atoms with E-state index in [2.05, 4.69) is 5.32 Å². The number of ether oxygens (including phenoxy) is 1. The molecule has 1 heterocycles. The van der Waals surface area contributed by atoms with E-state index < -0.39 is 15.9 Å². The summed E-state index contributed by atoms with van der Waals surface area (Å²) in [4.78, 5) is 12.1. The fourth-order valence-electron chi connectivity index (χ4n) is 2.13. The fraction of sp³-hybridized carbons (Fsp3) is 0.312. The molecule has 0 fully saturated rings. The van der Waals surface area contributed by atoms with Crippen LogP contribution >= 0.6 is 0 Å². The molecular weight excluding hydrogens is 332 g/mol. The smallest absolute Gasteiger partial charge is 0.235 e. The van der Waals surface area contributed by atoms with Crippen LogP contribution in [0.15, 0.2) is 47.1 Å². The van der Waals surface area contributed by atoms with E-state index in [1.165, 1.54) is 6.26 Å². The Hall–Kier alpha value is -2.32. The average Bonchev–Trinajstić information content (AvgIpc) is 3.05. The lowest BCUT2D eigenvalue weighted by Crippen LogP contribution is -2.39. The first kappa shape index (κ1) is 18.0. The zero-order valence-electron chi connectivity index (χ0n) is 13.6. The molecule has 0 atom stereocenters. The van der Waals surface area contributed by atoms with Gasteiger partial charge in [0, 0.05) is 12.1 Å². The van der Waals surface area contributed by atoms with Crippen LogP contribution < -0.4 is 10.1 Å². The molecule has 1 amide bonds. The van der Waals surface area contributed by atoms with Crippen LogP contribution in [0.25, 0.3) is 0 Å². The zero-order valence-corrected chi connectivity index (χ0v) is 14.4. The van der Waals surface area contributed by atoms with Crippen LogP contribution in [0.2, 0.25) is 0 Å². The van der Waals surface area contributed by atoms with Crippen molar-refractivity contribution in [2.24, 2.45) is 0 Å². The van der Waals surface area contributed by atoms with Gasteiger partial charge < -0.3 is 14.5 Å². The van der Waals surface area contributed by atoms with Gasteiger partial charge in [0.1, 0.15) is 11.5 Å². The molecule has 8 heteroatoms. The van der Waals surface area contributed by atoms with Gasteiger partial charge >= 0.3 is 0 Å². The Bertz CT molecular complexity index is 772. The van der Waals surface area contributed by atoms with Gasteiger partial charge in [-0.1, -0.05) is 18.2 Å². The Balaban J connectivity index is 1.97. The largest absolute Gasteiger partial charge is 0.496 e. The van der Waals surface area contributed by atoms with Crippen LogP contribution in [0, 0.1) is 0 Å². The number of benzene rings is 1. The summed E-state index contributed by atoms with van der Waals surface area (Å²) in [6, 6.07) is 10.6. The highest BCUT2D eigenvalue weighted by Crippen LogP contribution is 2.16. The maximum Gasteiger partial charge on any atom is 0.235 e. The topological polar surface area (TPSA) is 88.8 Å². The predicted molar refractivity (Wildman–Crippen MR) is 88.8 cm³/mol. The minimum absolute atomic E-state index is 0.00785. The van der Waals surface area contributed by atoms with E-state index in [9.17, 15) is 13.2 Å². The number of amides is 1. The highest BCUT2D eigenvalue weighted by Gasteiger charge is 2.21. The van der Waals surface area contributed by atoms with Crippen LogP contribution in [0.1, 0.15) is 11.3 Å². The van der Waals surface area contributed by atoms with Crippen molar-refractivity contribution in [3.8, 4) is 5.75 Å². The van der Waals surface area contributed by atoms with Crippen molar-refractivity contribution >= 4 is 15.9 Å². The number of para-hydroxylation sites is 1. The summed E-state index contributed by atoms with van der Waals surface area (Å²) in [6.45, 7) is -0.0240. The van der Waals surface area contributed by atoms with Gasteiger partial charge in [0.15, 0.2) is 0 Å². The molecule has 2 aromatic rings. The third-order valence-corrected chi connectivity index (χ3v) is 4.57. The summed E-state index contributed by atoms with van der Waals surface area (Å²) in [6.07, 6.45) is 2.51. The van der Waals surface area contributed by atoms with E-state index >= 15 is 0 Å². The summed E-state index contributed by atoms with van der Waals surface area (Å²) >= 11 is 0. The fourth-order valence-corrected chi connectivity index (χ4v) is 2.84. The van der Waals surface area contributed by atoms with Gasteiger partial charge in [-0.15, -0.1) is 0 Å². The summed E-state index contributed by atoms with van der Waals surface area (Å²) in [7, 11) is -1.99. The van der Waals surface area contributed by atoms with Crippen LogP contribution in [0.3, 0.4) is 0 Å². The normalized spacial score (nSPS) is 11.5. The summed E-state index contributed by atoms with van der Waals surface area (Å²) in [5.41, 5.74) is 0.810. The molecule has 0 bridgehead atoms. The molecule has 1 aromatic carbocycles. The van der Waals surface area contributed by atoms with Crippen LogP contribution in [-0.4, -0.2) is 38.5 Å². The molecule has 0 saturated carbocycles. The first-order chi connectivity index (χ1) is 11.4. The Morgan fingerprint density at radius 1 is 1.25 bits per heavy atom. The highest BCUT2D eigenvalue weighted by atomic mass is 32.2. The summed E-state index contributed by atoms with van der Waals surface area (Å²) in [5.74, 6) is 0.726. The molecule has 0 aliphatic rings. The number of hydrogen-bond donors (Lipinski definition) is 1. The molecule has 0 radical (unpaired) electrons. The van der Waals surface area contributed by atoms with Crippen molar-refractivity contribution in [2.45, 2.75) is 13.1 Å². The minimum atomic E-state index is -3.54. The summed E-state index contributed by atoms with van der Waals surface area (Å²) in [5, 5.41) is 2.70. The molecule has 24 heavy (non-hydrogen) atoms. The van der Waals surface area contributed by atoms with Crippen molar-refractivity contribution in [3.63, 3.8) is 0 Å². The van der Waals surface area contributed by atoms with E-state index in [0.29, 0.717) is 11.5 Å². The number of rotatable bonds is 8. The molecule has 130 valence electrons. The molecular formula is C16H20N2O5S. The van der Waals surface area contributed by atoms with Crippen LogP contribution in [0.5, 0.6) is 5.75 Å². The number of methoxy groups -OCH3 is 1. The lowest BCUT2D eigenvalue weighted by Gasteiger charge is -2.18. The third-order valence-electron chi connectivity index (χ3n) is 3.37. The first-order valence-corrected chi connectivity index (χ1v) is 9.11. The molecule has 1 aromatic heterocycles. The maximum atomic E-state index is 12.1. The van der Waals surface area contributed by atoms with Gasteiger partial charge in [0.25, 0.3) is 0 Å². The van der Waals surface area contributed by atoms with Crippen LogP contribution in [-0.2, 0) is 27.9 Å². The lowest BCUT2D eigenvalue weighted by molar-refractivity contribution is -0.121. The van der Waals surface area contributed by atoms with E-state index in [1.54, 1.807) is 25.3 Å². The van der Waals surface area contributed by atoms with Crippen molar-refractivity contribution in [2.75, 3.05) is 19.9 Å². The van der Waals surface area contributed by atoms with Crippen LogP contribution in [0.4, 0.5) is 0 Å². The number of nitrogens with zero attached hydrogens (tertiary/aromatic N) is 1. The average molecular weight is 352 g/mol. The number of sulfonamides is 1. The number of carbonyl (C=O) groups is 1. The van der Waals surface area contributed by atoms with E-state index in [0.717, 1.165) is 16.1 Å². The van der Waals surface area contributed by atoms with Gasteiger partial charge in [-0.2, -0.15) is 4.31 Å². The van der Waals surface area contributed by atoms with E-state index in [-0.39, 0.29) is 19.6 Å². The van der Waals surface area contributed by atoms with Gasteiger partial charge in [0.05, 0.1) is 32.7 Å². The first-order valence-electron chi connectivity index (χ1n) is 7.26. The van der Waals surface area contributed by atoms with Crippen molar-refractivity contribution in [1.82, 2.24) is 9.62 Å². The molecule has 1 N–H and O–H groups in total. The van der Waals surface area contributed by atoms with Crippen molar-refractivity contribution < 1.29 is 22.4 Å². The highest BCUT2D eigenvalue weighted by molar-refractivity contribution is 7.88. The molecule has 2 rings (SSSR count). The Morgan fingerprint density at radius 3 is 2.62 bits per heavy atom. The SMILES string of the molecule is COc1ccccc1CNC(=O)CN(Cc1ccco1)S(C)(=O)=O. The lowest BCUT2D eigenvalue weighted by atomic mass is 10.2. The molecule has 7 nitrogen and oxygen atoms in total. The molecule has 0 saturated heterocycles. The Labute approximate surface area is 141 Å². The Kier molecular flexibility index (Phi) is 5.99. The second-order valence-electron chi connectivity index (χ2n) is 5.20. The van der Waals surface area contributed by atoms with Crippen molar-refractivity contribution in [1.29, 1.82) is 0 Å². The molecule has 0 spiro atoms. The standard InChI is InChI=1S/C16H20N2O5S/c1-22-15-8-4-3-6-13(15)10-17-16(19)12-18(24(2,20)21)11-14-7-5-9-23-14/h3-9H,10-12H2,1-2H3,(H,17,19). The Morgan fingerprint density at radius 2 is 2.00 bits per heavy atom. The number of hydrogen-bond acceptors (Lipinski definition) is 5. The molecule has 0 unspecified atom stereocenters. The minimum Gasteiger partial charge on any atom is -0.496 e. The van der Waals surface area contributed by atoms with Gasteiger partial charge in [-0.25, -0.2) is 8.42 Å². The molecule has 0 aliphatic carbocycles. The monoisotopic (exact) mass is 352 g/mol. The van der Waals surface area contributed by atoms with E-state index in [1.807, 2.05) is 18.2 Å². The van der Waals surface area contributed by atoms with E-state index in [4.69, 9.17) is 9.15 Å². The van der Waals surface area contributed by atoms with Gasteiger partial charge in [-0.05, 0) is 18.2 Å². The third kappa shape index (κ3) is 5.10. The maximum absolute atomic E-state index is 12.1. The van der Waals surface area contributed by atoms with Gasteiger partial charge in [0.2, 0.25) is 15.9 Å². The number of nitrogens with one attached hydrogen (secondary N) is 1. The van der Waals surface area contributed by atoms with Crippen molar-refractivity contribution in [3.05, 3.63) is 54.0 Å². The zero-order chi connectivity index (χ0) is 17.6. The van der Waals surface area contributed by atoms with Gasteiger partial charge in [-0.3, -0.25) is 4.79 Å². The number of carbonyl (C=O) groups excluding carboxylic acids is 1. The quantitative estimate of drug-likeness (QED) is 0.775.